The summed E-state index contributed by atoms with van der Waals surface area (Å²) in [5.41, 5.74) is 0. The number of hydrogen-bond acceptors (Lipinski definition) is 0. The van der Waals surface area contributed by atoms with E-state index in [9.17, 15) is 0 Å². The van der Waals surface area contributed by atoms with Crippen LogP contribution < -0.4 is 0 Å². The number of fused-ring (bicyclic) bond motifs is 2. The third-order valence-electron chi connectivity index (χ3n) is 2.22. The van der Waals surface area contributed by atoms with Gasteiger partial charge in [0.25, 0.3) is 0 Å². The topological polar surface area (TPSA) is 0 Å². The van der Waals surface area contributed by atoms with Crippen molar-refractivity contribution in [2.45, 2.75) is 29.0 Å². The molecule has 0 amide bonds. The van der Waals surface area contributed by atoms with Gasteiger partial charge in [-0.05, 0) is 19.3 Å². The van der Waals surface area contributed by atoms with Crippen molar-refractivity contribution in [1.82, 2.24) is 0 Å². The average Bonchev–Trinajstić information content (AvgIpc) is 2.19. The monoisotopic (exact) mass is 162 g/mol. The maximum absolute atomic E-state index is 6.12. The number of rotatable bonds is 0. The zero-order chi connectivity index (χ0) is 6.54. The Hall–Kier alpha value is 0.320. The molecule has 0 aromatic rings. The van der Waals surface area contributed by atoms with Crippen molar-refractivity contribution in [2.75, 3.05) is 0 Å². The maximum Gasteiger partial charge on any atom is 0.0647 e. The van der Waals surface area contributed by atoms with Gasteiger partial charge in [-0.3, -0.25) is 0 Å². The van der Waals surface area contributed by atoms with Crippen LogP contribution in [0.5, 0.6) is 0 Å². The first-order valence-electron chi connectivity index (χ1n) is 3.20. The maximum atomic E-state index is 6.12. The van der Waals surface area contributed by atoms with Crippen LogP contribution in [0.4, 0.5) is 0 Å². The Kier molecular flexibility index (Phi) is 1.00. The number of allylic oxidation sites excluding steroid dienone is 2. The second kappa shape index (κ2) is 1.49. The summed E-state index contributed by atoms with van der Waals surface area (Å²) in [6, 6.07) is 0. The van der Waals surface area contributed by atoms with E-state index in [4.69, 9.17) is 23.2 Å². The second-order valence-electron chi connectivity index (χ2n) is 3.08. The summed E-state index contributed by atoms with van der Waals surface area (Å²) in [5, 5.41) is 0. The van der Waals surface area contributed by atoms with Crippen LogP contribution in [0.15, 0.2) is 12.2 Å². The largest absolute Gasteiger partial charge is 0.115 e. The van der Waals surface area contributed by atoms with Crippen molar-refractivity contribution in [1.29, 1.82) is 0 Å². The molecule has 0 aromatic heterocycles. The van der Waals surface area contributed by atoms with E-state index >= 15 is 0 Å². The van der Waals surface area contributed by atoms with Crippen molar-refractivity contribution in [3.8, 4) is 0 Å². The zero-order valence-electron chi connectivity index (χ0n) is 5.03. The van der Waals surface area contributed by atoms with Crippen molar-refractivity contribution in [3.05, 3.63) is 12.2 Å². The first-order valence-corrected chi connectivity index (χ1v) is 3.96. The molecule has 2 rings (SSSR count). The van der Waals surface area contributed by atoms with Gasteiger partial charge in [-0.2, -0.15) is 0 Å². The fourth-order valence-electron chi connectivity index (χ4n) is 1.66. The quantitative estimate of drug-likeness (QED) is 0.380. The van der Waals surface area contributed by atoms with Crippen LogP contribution >= 0.6 is 23.2 Å². The smallest absolute Gasteiger partial charge is 0.0647 e. The van der Waals surface area contributed by atoms with Crippen LogP contribution in [-0.2, 0) is 0 Å². The molecule has 9 heavy (non-hydrogen) atoms. The van der Waals surface area contributed by atoms with E-state index in [0.717, 1.165) is 19.3 Å². The fourth-order valence-corrected chi connectivity index (χ4v) is 2.52. The van der Waals surface area contributed by atoms with E-state index in [2.05, 4.69) is 0 Å². The van der Waals surface area contributed by atoms with E-state index in [1.165, 1.54) is 0 Å². The SMILES string of the molecule is ClC12C=CC(Cl)(CC1)C2. The Balaban J connectivity index is 2.37. The van der Waals surface area contributed by atoms with Gasteiger partial charge in [0.1, 0.15) is 0 Å². The van der Waals surface area contributed by atoms with Crippen LogP contribution in [0.1, 0.15) is 19.3 Å². The first kappa shape index (κ1) is 6.06. The summed E-state index contributed by atoms with van der Waals surface area (Å²) in [6.45, 7) is 0. The molecule has 2 bridgehead atoms. The molecule has 50 valence electrons. The highest BCUT2D eigenvalue weighted by atomic mass is 35.5. The number of halogens is 2. The molecule has 0 N–H and O–H groups in total. The molecule has 1 saturated carbocycles. The van der Waals surface area contributed by atoms with Gasteiger partial charge in [0.05, 0.1) is 9.75 Å². The Bertz CT molecular complexity index is 158. The van der Waals surface area contributed by atoms with Gasteiger partial charge >= 0.3 is 0 Å². The summed E-state index contributed by atoms with van der Waals surface area (Å²) in [5.74, 6) is 0. The molecular weight excluding hydrogens is 155 g/mol. The minimum atomic E-state index is -0.0677. The van der Waals surface area contributed by atoms with E-state index in [0.29, 0.717) is 0 Å². The predicted octanol–water partition coefficient (Wildman–Crippen LogP) is 2.70. The van der Waals surface area contributed by atoms with Crippen LogP contribution in [0, 0.1) is 0 Å². The third-order valence-corrected chi connectivity index (χ3v) is 3.12. The van der Waals surface area contributed by atoms with Gasteiger partial charge in [0.15, 0.2) is 0 Å². The van der Waals surface area contributed by atoms with Crippen LogP contribution in [0.2, 0.25) is 0 Å². The van der Waals surface area contributed by atoms with E-state index in [1.54, 1.807) is 0 Å². The number of hydrogen-bond donors (Lipinski definition) is 0. The zero-order valence-corrected chi connectivity index (χ0v) is 6.54. The molecule has 2 heteroatoms. The molecule has 0 nitrogen and oxygen atoms in total. The van der Waals surface area contributed by atoms with Crippen LogP contribution in [0.25, 0.3) is 0 Å². The number of alkyl halides is 2. The Labute approximate surface area is 64.8 Å². The van der Waals surface area contributed by atoms with E-state index < -0.39 is 0 Å². The lowest BCUT2D eigenvalue weighted by molar-refractivity contribution is 0.741. The van der Waals surface area contributed by atoms with Gasteiger partial charge in [0.2, 0.25) is 0 Å². The summed E-state index contributed by atoms with van der Waals surface area (Å²) in [4.78, 5) is -0.135. The lowest BCUT2D eigenvalue weighted by Gasteiger charge is -2.11. The van der Waals surface area contributed by atoms with Crippen molar-refractivity contribution in [2.24, 2.45) is 0 Å². The minimum absolute atomic E-state index is 0.0677. The summed E-state index contributed by atoms with van der Waals surface area (Å²) < 4.78 is 0. The fraction of sp³-hybridized carbons (Fsp3) is 0.714. The summed E-state index contributed by atoms with van der Waals surface area (Å²) in [6.07, 6.45) is 7.13. The second-order valence-corrected chi connectivity index (χ2v) is 4.58. The Morgan fingerprint density at radius 1 is 1.00 bits per heavy atom. The molecule has 0 aliphatic heterocycles. The molecule has 0 heterocycles. The average molecular weight is 163 g/mol. The normalized spacial score (nSPS) is 54.9. The van der Waals surface area contributed by atoms with Crippen LogP contribution in [-0.4, -0.2) is 9.75 Å². The van der Waals surface area contributed by atoms with Crippen molar-refractivity contribution in [3.63, 3.8) is 0 Å². The van der Waals surface area contributed by atoms with Gasteiger partial charge in [-0.1, -0.05) is 12.2 Å². The Morgan fingerprint density at radius 3 is 1.56 bits per heavy atom. The molecule has 2 unspecified atom stereocenters. The molecular formula is C7H8Cl2. The van der Waals surface area contributed by atoms with Crippen molar-refractivity contribution < 1.29 is 0 Å². The standard InChI is InChI=1S/C7H8Cl2/c8-6-1-2-7(9,5-6)4-3-6/h1-2H,3-5H2. The molecule has 2 atom stereocenters. The molecule has 0 aromatic carbocycles. The third kappa shape index (κ3) is 0.805. The molecule has 2 aliphatic rings. The van der Waals surface area contributed by atoms with Gasteiger partial charge in [0, 0.05) is 0 Å². The lowest BCUT2D eigenvalue weighted by atomic mass is 10.1. The highest BCUT2D eigenvalue weighted by molar-refractivity contribution is 6.31. The molecule has 0 radical (unpaired) electrons. The molecule has 0 saturated heterocycles. The van der Waals surface area contributed by atoms with Gasteiger partial charge in [-0.15, -0.1) is 23.2 Å². The summed E-state index contributed by atoms with van der Waals surface area (Å²) >= 11 is 12.2. The van der Waals surface area contributed by atoms with Gasteiger partial charge < -0.3 is 0 Å². The highest BCUT2D eigenvalue weighted by Crippen LogP contribution is 2.52. The Morgan fingerprint density at radius 2 is 1.44 bits per heavy atom. The molecule has 0 spiro atoms. The highest BCUT2D eigenvalue weighted by Gasteiger charge is 2.48. The lowest BCUT2D eigenvalue weighted by Crippen LogP contribution is -2.10. The molecule has 2 aliphatic carbocycles. The van der Waals surface area contributed by atoms with E-state index in [1.807, 2.05) is 12.2 Å². The van der Waals surface area contributed by atoms with Gasteiger partial charge in [-0.25, -0.2) is 0 Å². The molecule has 1 fully saturated rings. The predicted molar refractivity (Wildman–Crippen MR) is 40.2 cm³/mol. The van der Waals surface area contributed by atoms with Crippen LogP contribution in [0.3, 0.4) is 0 Å². The van der Waals surface area contributed by atoms with E-state index in [-0.39, 0.29) is 9.75 Å². The first-order chi connectivity index (χ1) is 4.12. The van der Waals surface area contributed by atoms with Crippen molar-refractivity contribution >= 4 is 23.2 Å². The summed E-state index contributed by atoms with van der Waals surface area (Å²) in [7, 11) is 0. The minimum Gasteiger partial charge on any atom is -0.115 e.